The van der Waals surface area contributed by atoms with Gasteiger partial charge in [-0.05, 0) is 76.2 Å². The largest absolute Gasteiger partial charge is 0.308 e. The number of benzene rings is 4. The third-order valence-corrected chi connectivity index (χ3v) is 9.39. The average Bonchev–Trinajstić information content (AvgIpc) is 3.08. The zero-order chi connectivity index (χ0) is 33.4. The van der Waals surface area contributed by atoms with E-state index in [1.54, 1.807) is 41.3 Å². The summed E-state index contributed by atoms with van der Waals surface area (Å²) in [6.45, 7) is 8.31. The first-order valence-corrected chi connectivity index (χ1v) is 15.8. The summed E-state index contributed by atoms with van der Waals surface area (Å²) in [5.41, 5.74) is 2.74. The number of hydrogen-bond donors (Lipinski definition) is 1. The second kappa shape index (κ2) is 12.9. The van der Waals surface area contributed by atoms with Crippen LogP contribution >= 0.6 is 0 Å². The van der Waals surface area contributed by atoms with Crippen molar-refractivity contribution in [1.29, 1.82) is 5.41 Å². The molecule has 47 heavy (non-hydrogen) atoms. The summed E-state index contributed by atoms with van der Waals surface area (Å²) >= 11 is 0. The van der Waals surface area contributed by atoms with E-state index >= 15 is 0 Å². The van der Waals surface area contributed by atoms with Crippen LogP contribution in [-0.2, 0) is 0 Å². The van der Waals surface area contributed by atoms with Crippen LogP contribution in [0.25, 0.3) is 21.5 Å². The summed E-state index contributed by atoms with van der Waals surface area (Å²) in [7, 11) is 3.96. The normalized spacial score (nSPS) is 14.9. The maximum absolute atomic E-state index is 13.5. The number of nitrogens with one attached hydrogen (secondary N) is 1. The predicted molar refractivity (Wildman–Crippen MR) is 184 cm³/mol. The first kappa shape index (κ1) is 31.8. The minimum atomic E-state index is -0.326. The molecule has 0 radical (unpaired) electrons. The molecule has 0 aromatic heterocycles. The van der Waals surface area contributed by atoms with Gasteiger partial charge in [-0.1, -0.05) is 43.0 Å². The number of nitrogens with zero attached hydrogens (tertiary/aromatic N) is 5. The third kappa shape index (κ3) is 5.60. The summed E-state index contributed by atoms with van der Waals surface area (Å²) in [6, 6.07) is 19.9. The van der Waals surface area contributed by atoms with Gasteiger partial charge in [-0.3, -0.25) is 34.4 Å². The van der Waals surface area contributed by atoms with Crippen LogP contribution in [0.5, 0.6) is 0 Å². The van der Waals surface area contributed by atoms with Crippen molar-refractivity contribution < 1.29 is 19.2 Å². The first-order chi connectivity index (χ1) is 22.7. The second-order valence-electron chi connectivity index (χ2n) is 12.3. The molecule has 0 spiro atoms. The van der Waals surface area contributed by atoms with Gasteiger partial charge in [-0.2, -0.15) is 0 Å². The molecule has 2 heterocycles. The van der Waals surface area contributed by atoms with Crippen molar-refractivity contribution in [3.8, 4) is 0 Å². The van der Waals surface area contributed by atoms with Gasteiger partial charge in [-0.25, -0.2) is 0 Å². The Kier molecular flexibility index (Phi) is 8.72. The number of hydrogen-bond acceptors (Lipinski definition) is 7. The Bertz CT molecular complexity index is 1870. The van der Waals surface area contributed by atoms with Crippen molar-refractivity contribution in [2.24, 2.45) is 0 Å². The summed E-state index contributed by atoms with van der Waals surface area (Å²) in [6.07, 6.45) is 3.47. The van der Waals surface area contributed by atoms with Crippen LogP contribution in [0.3, 0.4) is 0 Å². The van der Waals surface area contributed by atoms with E-state index in [0.29, 0.717) is 39.9 Å². The monoisotopic (exact) mass is 630 g/mol. The van der Waals surface area contributed by atoms with Crippen LogP contribution in [0.4, 0.5) is 5.69 Å². The lowest BCUT2D eigenvalue weighted by Gasteiger charge is -2.33. The highest BCUT2D eigenvalue weighted by Crippen LogP contribution is 2.36. The van der Waals surface area contributed by atoms with Gasteiger partial charge in [0.2, 0.25) is 0 Å². The van der Waals surface area contributed by atoms with E-state index in [-0.39, 0.29) is 42.8 Å². The molecule has 1 unspecified atom stereocenters. The van der Waals surface area contributed by atoms with Crippen molar-refractivity contribution in [3.05, 3.63) is 102 Å². The van der Waals surface area contributed by atoms with E-state index in [1.807, 2.05) is 51.4 Å². The molecule has 0 bridgehead atoms. The molecule has 10 nitrogen and oxygen atoms in total. The Hall–Kier alpha value is -5.19. The van der Waals surface area contributed by atoms with Crippen molar-refractivity contribution >= 4 is 57.2 Å². The molecule has 10 heteroatoms. The van der Waals surface area contributed by atoms with E-state index in [4.69, 9.17) is 5.41 Å². The zero-order valence-electron chi connectivity index (χ0n) is 26.9. The Balaban J connectivity index is 1.03. The maximum Gasteiger partial charge on any atom is 0.261 e. The molecule has 0 fully saturated rings. The smallest absolute Gasteiger partial charge is 0.261 e. The molecule has 6 rings (SSSR count). The van der Waals surface area contributed by atoms with Crippen LogP contribution in [0.15, 0.2) is 79.5 Å². The van der Waals surface area contributed by atoms with Gasteiger partial charge in [0.1, 0.15) is 0 Å². The Morgan fingerprint density at radius 1 is 0.745 bits per heavy atom. The number of carbonyl (C=O) groups excluding carboxylic acids is 4. The predicted octanol–water partition coefficient (Wildman–Crippen LogP) is 5.08. The van der Waals surface area contributed by atoms with E-state index in [9.17, 15) is 19.2 Å². The topological polar surface area (TPSA) is 108 Å². The molecule has 2 aliphatic rings. The fraction of sp³-hybridized carbons (Fsp3) is 0.270. The summed E-state index contributed by atoms with van der Waals surface area (Å²) in [5, 5.41) is 10.6. The Morgan fingerprint density at radius 2 is 1.32 bits per heavy atom. The molecular weight excluding hydrogens is 592 g/mol. The quantitative estimate of drug-likeness (QED) is 0.125. The number of likely N-dealkylation sites (N-methyl/N-ethyl adjacent to an activating group) is 2. The van der Waals surface area contributed by atoms with Crippen molar-refractivity contribution in [2.75, 3.05) is 51.7 Å². The highest BCUT2D eigenvalue weighted by Gasteiger charge is 2.35. The molecular formula is C37H38N6O4. The van der Waals surface area contributed by atoms with Crippen molar-refractivity contribution in [2.45, 2.75) is 19.4 Å². The molecule has 4 amide bonds. The lowest BCUT2D eigenvalue weighted by atomic mass is 9.92. The lowest BCUT2D eigenvalue weighted by Crippen LogP contribution is -2.48. The SMILES string of the molecule is C=CN(C=N)c1ccc2c3c(cccc13)C(=O)N(CCN(C)CCCN(C)C(C)CN1C(=O)c3cccc4cccc(c34)C1=O)C2=O. The van der Waals surface area contributed by atoms with Gasteiger partial charge in [0.05, 0.1) is 12.0 Å². The van der Waals surface area contributed by atoms with Crippen LogP contribution in [0.2, 0.25) is 0 Å². The van der Waals surface area contributed by atoms with Crippen LogP contribution in [-0.4, -0.2) is 102 Å². The molecule has 2 aliphatic heterocycles. The lowest BCUT2D eigenvalue weighted by molar-refractivity contribution is 0.0562. The molecule has 0 saturated heterocycles. The van der Waals surface area contributed by atoms with Gasteiger partial charge >= 0.3 is 0 Å². The second-order valence-corrected chi connectivity index (χ2v) is 12.3. The van der Waals surface area contributed by atoms with E-state index in [1.165, 1.54) is 16.0 Å². The van der Waals surface area contributed by atoms with Gasteiger partial charge in [-0.15, -0.1) is 0 Å². The highest BCUT2D eigenvalue weighted by atomic mass is 16.2. The molecule has 1 N–H and O–H groups in total. The maximum atomic E-state index is 13.5. The van der Waals surface area contributed by atoms with Crippen LogP contribution in [0, 0.1) is 5.41 Å². The van der Waals surface area contributed by atoms with E-state index in [0.717, 1.165) is 42.0 Å². The summed E-state index contributed by atoms with van der Waals surface area (Å²) in [5.74, 6) is -1.17. The zero-order valence-corrected chi connectivity index (χ0v) is 26.9. The average molecular weight is 631 g/mol. The fourth-order valence-corrected chi connectivity index (χ4v) is 6.62. The number of anilines is 1. The van der Waals surface area contributed by atoms with E-state index in [2.05, 4.69) is 16.4 Å². The molecule has 0 aliphatic carbocycles. The van der Waals surface area contributed by atoms with Gasteiger partial charge in [0.25, 0.3) is 23.6 Å². The van der Waals surface area contributed by atoms with E-state index < -0.39 is 0 Å². The van der Waals surface area contributed by atoms with Crippen LogP contribution < -0.4 is 4.90 Å². The number of carbonyl (C=O) groups is 4. The molecule has 4 aromatic carbocycles. The highest BCUT2D eigenvalue weighted by molar-refractivity contribution is 6.27. The number of imide groups is 2. The number of rotatable bonds is 13. The number of amides is 4. The molecule has 1 atom stereocenters. The third-order valence-electron chi connectivity index (χ3n) is 9.39. The van der Waals surface area contributed by atoms with Crippen molar-refractivity contribution in [3.63, 3.8) is 0 Å². The van der Waals surface area contributed by atoms with Gasteiger partial charge in [0, 0.05) is 70.3 Å². The minimum Gasteiger partial charge on any atom is -0.308 e. The fourth-order valence-electron chi connectivity index (χ4n) is 6.62. The standard InChI is InChI=1S/C37H38N6O4/c1-5-41(23-38)31-17-16-30-33-26(31)12-8-15-29(33)34(44)42(35(30)45)21-20-39(3)18-9-19-40(4)24(2)22-43-36(46)27-13-6-10-25-11-7-14-28(32(25)27)37(43)47/h5-8,10-17,23-24,38H,1,9,18-22H2,2-4H3. The first-order valence-electron chi connectivity index (χ1n) is 15.8. The molecule has 240 valence electrons. The van der Waals surface area contributed by atoms with Gasteiger partial charge < -0.3 is 14.7 Å². The van der Waals surface area contributed by atoms with Crippen LogP contribution in [0.1, 0.15) is 54.8 Å². The summed E-state index contributed by atoms with van der Waals surface area (Å²) in [4.78, 5) is 62.1. The molecule has 4 aromatic rings. The summed E-state index contributed by atoms with van der Waals surface area (Å²) < 4.78 is 0. The Morgan fingerprint density at radius 3 is 1.94 bits per heavy atom. The van der Waals surface area contributed by atoms with Gasteiger partial charge in [0.15, 0.2) is 0 Å². The Labute approximate surface area is 273 Å². The van der Waals surface area contributed by atoms with Crippen molar-refractivity contribution in [1.82, 2.24) is 19.6 Å². The molecule has 0 saturated carbocycles. The minimum absolute atomic E-state index is 0.0536.